The number of nitrogens with one attached hydrogen (secondary N) is 1. The Morgan fingerprint density at radius 3 is 2.34 bits per heavy atom. The van der Waals surface area contributed by atoms with E-state index >= 15 is 0 Å². The second kappa shape index (κ2) is 11.2. The van der Waals surface area contributed by atoms with E-state index in [1.807, 2.05) is 6.07 Å². The van der Waals surface area contributed by atoms with Crippen molar-refractivity contribution in [2.75, 3.05) is 18.1 Å². The zero-order valence-corrected chi connectivity index (χ0v) is 18.7. The van der Waals surface area contributed by atoms with Crippen LogP contribution < -0.4 is 10.2 Å². The molecule has 0 aliphatic rings. The molecule has 0 spiro atoms. The number of anilines is 1. The number of nitro benzene ring substituents is 1. The van der Waals surface area contributed by atoms with Gasteiger partial charge in [0.1, 0.15) is 6.04 Å². The molecule has 2 aromatic carbocycles. The van der Waals surface area contributed by atoms with Crippen LogP contribution in [0.15, 0.2) is 48.5 Å². The van der Waals surface area contributed by atoms with Crippen molar-refractivity contribution in [3.8, 4) is 0 Å². The van der Waals surface area contributed by atoms with Gasteiger partial charge < -0.3 is 15.0 Å². The predicted octanol–water partition coefficient (Wildman–Crippen LogP) is 3.60. The van der Waals surface area contributed by atoms with E-state index in [0.717, 1.165) is 12.1 Å². The van der Waals surface area contributed by atoms with E-state index in [4.69, 9.17) is 16.3 Å². The Labute approximate surface area is 190 Å². The summed E-state index contributed by atoms with van der Waals surface area (Å²) >= 11 is 5.99. The van der Waals surface area contributed by atoms with E-state index in [9.17, 15) is 24.5 Å². The van der Waals surface area contributed by atoms with E-state index < -0.39 is 35.4 Å². The van der Waals surface area contributed by atoms with Crippen molar-refractivity contribution in [1.82, 2.24) is 5.32 Å². The number of nitro groups is 1. The normalized spacial score (nSPS) is 11.5. The van der Waals surface area contributed by atoms with Gasteiger partial charge in [0.05, 0.1) is 15.5 Å². The van der Waals surface area contributed by atoms with Crippen LogP contribution >= 0.6 is 11.6 Å². The number of rotatable bonds is 9. The molecule has 0 aliphatic carbocycles. The summed E-state index contributed by atoms with van der Waals surface area (Å²) in [5, 5.41) is 13.2. The number of non-ortho nitro benzene ring substituents is 1. The van der Waals surface area contributed by atoms with Gasteiger partial charge in [-0.3, -0.25) is 19.7 Å². The molecule has 2 aromatic rings. The Bertz CT molecular complexity index is 996. The molecule has 2 amide bonds. The smallest absolute Gasteiger partial charge is 0.329 e. The lowest BCUT2D eigenvalue weighted by atomic mass is 10.0. The van der Waals surface area contributed by atoms with Crippen molar-refractivity contribution < 1.29 is 24.0 Å². The highest BCUT2D eigenvalue weighted by Crippen LogP contribution is 2.23. The topological polar surface area (TPSA) is 119 Å². The van der Waals surface area contributed by atoms with Gasteiger partial charge in [0, 0.05) is 24.4 Å². The molecule has 1 N–H and O–H groups in total. The largest absolute Gasteiger partial charge is 0.454 e. The van der Waals surface area contributed by atoms with Crippen LogP contribution in [0.25, 0.3) is 0 Å². The van der Waals surface area contributed by atoms with Gasteiger partial charge in [-0.05, 0) is 31.0 Å². The van der Waals surface area contributed by atoms with Crippen molar-refractivity contribution in [3.05, 3.63) is 69.2 Å². The van der Waals surface area contributed by atoms with Crippen LogP contribution in [-0.2, 0) is 14.3 Å². The summed E-state index contributed by atoms with van der Waals surface area (Å²) < 4.78 is 5.18. The van der Waals surface area contributed by atoms with E-state index in [-0.39, 0.29) is 22.2 Å². The number of para-hydroxylation sites is 1. The van der Waals surface area contributed by atoms with Crippen LogP contribution in [0.5, 0.6) is 0 Å². The van der Waals surface area contributed by atoms with E-state index in [1.54, 1.807) is 45.0 Å². The average molecular weight is 462 g/mol. The lowest BCUT2D eigenvalue weighted by Crippen LogP contribution is -2.46. The number of ether oxygens (including phenoxy) is 1. The standard InChI is InChI=1S/C22H24ClN3O6/c1-4-25(15-8-6-5-7-9-15)19(27)13-32-22(29)20(14(2)3)24-21(28)17-11-10-16(26(30)31)12-18(17)23/h5-12,14,20H,4,13H2,1-3H3,(H,24,28)/t20-/m0/s1. The zero-order chi connectivity index (χ0) is 23.8. The monoisotopic (exact) mass is 461 g/mol. The van der Waals surface area contributed by atoms with Crippen molar-refractivity contribution >= 4 is 40.8 Å². The number of benzene rings is 2. The second-order valence-corrected chi connectivity index (χ2v) is 7.60. The fourth-order valence-electron chi connectivity index (χ4n) is 2.93. The third kappa shape index (κ3) is 6.27. The van der Waals surface area contributed by atoms with Gasteiger partial charge >= 0.3 is 5.97 Å². The van der Waals surface area contributed by atoms with Gasteiger partial charge in [0.2, 0.25) is 0 Å². The lowest BCUT2D eigenvalue weighted by Gasteiger charge is -2.23. The SMILES string of the molecule is CCN(C(=O)COC(=O)[C@@H](NC(=O)c1ccc([N+](=O)[O-])cc1Cl)C(C)C)c1ccccc1. The summed E-state index contributed by atoms with van der Waals surface area (Å²) in [5.74, 6) is -2.22. The number of likely N-dealkylation sites (N-methyl/N-ethyl adjacent to an activating group) is 1. The van der Waals surface area contributed by atoms with Crippen molar-refractivity contribution in [2.24, 2.45) is 5.92 Å². The summed E-state index contributed by atoms with van der Waals surface area (Å²) in [5.41, 5.74) is 0.398. The maximum Gasteiger partial charge on any atom is 0.329 e. The van der Waals surface area contributed by atoms with Crippen LogP contribution in [0.3, 0.4) is 0 Å². The Hall–Kier alpha value is -3.46. The van der Waals surface area contributed by atoms with Crippen LogP contribution in [0.1, 0.15) is 31.1 Å². The first-order valence-electron chi connectivity index (χ1n) is 9.92. The van der Waals surface area contributed by atoms with E-state index in [1.165, 1.54) is 11.0 Å². The molecule has 32 heavy (non-hydrogen) atoms. The number of esters is 1. The van der Waals surface area contributed by atoms with Gasteiger partial charge in [0.15, 0.2) is 6.61 Å². The molecule has 2 rings (SSSR count). The second-order valence-electron chi connectivity index (χ2n) is 7.20. The Kier molecular flexibility index (Phi) is 8.71. The van der Waals surface area contributed by atoms with Gasteiger partial charge in [-0.1, -0.05) is 43.6 Å². The van der Waals surface area contributed by atoms with Crippen molar-refractivity contribution in [3.63, 3.8) is 0 Å². The number of nitrogens with zero attached hydrogens (tertiary/aromatic N) is 2. The third-order valence-electron chi connectivity index (χ3n) is 4.64. The molecule has 0 aromatic heterocycles. The molecular weight excluding hydrogens is 438 g/mol. The Morgan fingerprint density at radius 1 is 1.16 bits per heavy atom. The molecule has 0 bridgehead atoms. The molecule has 0 radical (unpaired) electrons. The molecule has 0 fully saturated rings. The number of hydrogen-bond donors (Lipinski definition) is 1. The predicted molar refractivity (Wildman–Crippen MR) is 120 cm³/mol. The molecule has 0 aliphatic heterocycles. The minimum absolute atomic E-state index is 0.0203. The fraction of sp³-hybridized carbons (Fsp3) is 0.318. The van der Waals surface area contributed by atoms with E-state index in [2.05, 4.69) is 5.32 Å². The van der Waals surface area contributed by atoms with Crippen LogP contribution in [0, 0.1) is 16.0 Å². The molecule has 0 unspecified atom stereocenters. The molecule has 170 valence electrons. The maximum absolute atomic E-state index is 12.6. The number of carbonyl (C=O) groups is 3. The van der Waals surface area contributed by atoms with Crippen molar-refractivity contribution in [2.45, 2.75) is 26.8 Å². The first kappa shape index (κ1) is 24.8. The summed E-state index contributed by atoms with van der Waals surface area (Å²) in [6.07, 6.45) is 0. The number of amides is 2. The van der Waals surface area contributed by atoms with Gasteiger partial charge in [-0.2, -0.15) is 0 Å². The van der Waals surface area contributed by atoms with Crippen LogP contribution in [0.4, 0.5) is 11.4 Å². The highest BCUT2D eigenvalue weighted by molar-refractivity contribution is 6.34. The molecule has 1 atom stereocenters. The molecule has 10 heteroatoms. The number of carbonyl (C=O) groups excluding carboxylic acids is 3. The van der Waals surface area contributed by atoms with Gasteiger partial charge in [-0.25, -0.2) is 4.79 Å². The zero-order valence-electron chi connectivity index (χ0n) is 17.9. The van der Waals surface area contributed by atoms with Crippen LogP contribution in [0.2, 0.25) is 5.02 Å². The molecule has 0 heterocycles. The summed E-state index contributed by atoms with van der Waals surface area (Å²) in [6.45, 7) is 5.11. The summed E-state index contributed by atoms with van der Waals surface area (Å²) in [6, 6.07) is 11.3. The lowest BCUT2D eigenvalue weighted by molar-refractivity contribution is -0.384. The van der Waals surface area contributed by atoms with E-state index in [0.29, 0.717) is 12.2 Å². The molecular formula is C22H24ClN3O6. The average Bonchev–Trinajstić information content (AvgIpc) is 2.76. The molecule has 0 saturated heterocycles. The van der Waals surface area contributed by atoms with Gasteiger partial charge in [-0.15, -0.1) is 0 Å². The van der Waals surface area contributed by atoms with Gasteiger partial charge in [0.25, 0.3) is 17.5 Å². The summed E-state index contributed by atoms with van der Waals surface area (Å²) in [4.78, 5) is 49.4. The highest BCUT2D eigenvalue weighted by atomic mass is 35.5. The van der Waals surface area contributed by atoms with Crippen LogP contribution in [-0.4, -0.2) is 41.9 Å². The Balaban J connectivity index is 2.05. The first-order valence-corrected chi connectivity index (χ1v) is 10.3. The minimum Gasteiger partial charge on any atom is -0.454 e. The quantitative estimate of drug-likeness (QED) is 0.346. The maximum atomic E-state index is 12.6. The first-order chi connectivity index (χ1) is 15.1. The highest BCUT2D eigenvalue weighted by Gasteiger charge is 2.28. The fourth-order valence-corrected chi connectivity index (χ4v) is 3.19. The molecule has 0 saturated carbocycles. The Morgan fingerprint density at radius 2 is 1.81 bits per heavy atom. The molecule has 9 nitrogen and oxygen atoms in total. The summed E-state index contributed by atoms with van der Waals surface area (Å²) in [7, 11) is 0. The third-order valence-corrected chi connectivity index (χ3v) is 4.95. The number of hydrogen-bond acceptors (Lipinski definition) is 6. The number of halogens is 1. The minimum atomic E-state index is -1.05. The van der Waals surface area contributed by atoms with Crippen molar-refractivity contribution in [1.29, 1.82) is 0 Å².